The molecule has 0 aromatic carbocycles. The highest BCUT2D eigenvalue weighted by Gasteiger charge is 2.26. The van der Waals surface area contributed by atoms with Crippen LogP contribution >= 0.6 is 0 Å². The largest absolute Gasteiger partial charge is 0.456 e. The van der Waals surface area contributed by atoms with Crippen molar-refractivity contribution in [2.75, 3.05) is 6.61 Å². The van der Waals surface area contributed by atoms with E-state index >= 15 is 0 Å². The minimum atomic E-state index is -1.19. The molecule has 0 aliphatic rings. The summed E-state index contributed by atoms with van der Waals surface area (Å²) in [6, 6.07) is -0.651. The molecule has 120 valence electrons. The van der Waals surface area contributed by atoms with Crippen molar-refractivity contribution in [3.63, 3.8) is 0 Å². The standard InChI is InChI=1S/C15H25NO5/c1-7-20-12(18)9-8-11(17)13(10(2)3)16-14(19)21-15(4,5)6/h10-11,13,17H,7H2,1-6H3,(H,16,19). The number of alkyl carbamates (subject to hydrolysis) is 1. The van der Waals surface area contributed by atoms with Crippen LogP contribution in [0.4, 0.5) is 4.79 Å². The first-order valence-electron chi connectivity index (χ1n) is 6.92. The van der Waals surface area contributed by atoms with E-state index in [0.717, 1.165) is 0 Å². The Balaban J connectivity index is 4.75. The Labute approximate surface area is 126 Å². The zero-order valence-electron chi connectivity index (χ0n) is 13.5. The molecular formula is C15H25NO5. The van der Waals surface area contributed by atoms with Crippen molar-refractivity contribution < 1.29 is 24.2 Å². The number of hydrogen-bond donors (Lipinski definition) is 2. The lowest BCUT2D eigenvalue weighted by atomic mass is 9.99. The van der Waals surface area contributed by atoms with E-state index in [1.165, 1.54) is 0 Å². The molecule has 0 aromatic heterocycles. The molecule has 2 N–H and O–H groups in total. The lowest BCUT2D eigenvalue weighted by Crippen LogP contribution is -2.48. The van der Waals surface area contributed by atoms with Crippen LogP contribution in [0.3, 0.4) is 0 Å². The third-order valence-electron chi connectivity index (χ3n) is 2.34. The highest BCUT2D eigenvalue weighted by Crippen LogP contribution is 2.10. The fourth-order valence-electron chi connectivity index (χ4n) is 1.44. The summed E-state index contributed by atoms with van der Waals surface area (Å²) in [5, 5.41) is 12.6. The van der Waals surface area contributed by atoms with E-state index in [4.69, 9.17) is 4.74 Å². The first-order valence-corrected chi connectivity index (χ1v) is 6.92. The Bertz CT molecular complexity index is 414. The molecule has 0 aliphatic carbocycles. The molecule has 6 heteroatoms. The molecule has 21 heavy (non-hydrogen) atoms. The number of nitrogens with one attached hydrogen (secondary N) is 1. The average Bonchev–Trinajstić information content (AvgIpc) is 2.31. The number of carbonyl (C=O) groups is 2. The van der Waals surface area contributed by atoms with E-state index in [0.29, 0.717) is 0 Å². The van der Waals surface area contributed by atoms with Crippen molar-refractivity contribution in [2.24, 2.45) is 5.92 Å². The number of aliphatic hydroxyl groups excluding tert-OH is 1. The maximum absolute atomic E-state index is 11.7. The smallest absolute Gasteiger partial charge is 0.408 e. The minimum absolute atomic E-state index is 0.0935. The zero-order chi connectivity index (χ0) is 16.6. The Morgan fingerprint density at radius 1 is 1.29 bits per heavy atom. The summed E-state index contributed by atoms with van der Waals surface area (Å²) >= 11 is 0. The van der Waals surface area contributed by atoms with Gasteiger partial charge in [0.1, 0.15) is 11.7 Å². The van der Waals surface area contributed by atoms with Gasteiger partial charge in [0.2, 0.25) is 0 Å². The molecule has 0 fully saturated rings. The van der Waals surface area contributed by atoms with E-state index in [9.17, 15) is 14.7 Å². The molecule has 0 rings (SSSR count). The number of ether oxygens (including phenoxy) is 2. The molecule has 0 saturated heterocycles. The van der Waals surface area contributed by atoms with Crippen molar-refractivity contribution >= 4 is 12.1 Å². The van der Waals surface area contributed by atoms with Gasteiger partial charge in [0.15, 0.2) is 0 Å². The summed E-state index contributed by atoms with van der Waals surface area (Å²) in [5.74, 6) is 3.76. The predicted molar refractivity (Wildman–Crippen MR) is 78.4 cm³/mol. The molecule has 2 atom stereocenters. The van der Waals surface area contributed by atoms with Gasteiger partial charge < -0.3 is 19.9 Å². The summed E-state index contributed by atoms with van der Waals surface area (Å²) in [4.78, 5) is 22.9. The van der Waals surface area contributed by atoms with Crippen LogP contribution in [-0.2, 0) is 14.3 Å². The molecule has 0 aliphatic heterocycles. The third kappa shape index (κ3) is 8.92. The number of carbonyl (C=O) groups excluding carboxylic acids is 2. The second-order valence-electron chi connectivity index (χ2n) is 5.85. The van der Waals surface area contributed by atoms with Crippen LogP contribution in [0, 0.1) is 17.8 Å². The molecule has 0 bridgehead atoms. The highest BCUT2D eigenvalue weighted by molar-refractivity contribution is 5.88. The Morgan fingerprint density at radius 3 is 2.29 bits per heavy atom. The zero-order valence-corrected chi connectivity index (χ0v) is 13.5. The summed E-state index contributed by atoms with van der Waals surface area (Å²) < 4.78 is 9.78. The van der Waals surface area contributed by atoms with E-state index in [-0.39, 0.29) is 12.5 Å². The number of esters is 1. The van der Waals surface area contributed by atoms with Gasteiger partial charge in [-0.25, -0.2) is 9.59 Å². The predicted octanol–water partition coefficient (Wildman–Crippen LogP) is 1.46. The van der Waals surface area contributed by atoms with Crippen molar-refractivity contribution in [2.45, 2.75) is 59.3 Å². The van der Waals surface area contributed by atoms with Crippen LogP contribution in [0.25, 0.3) is 0 Å². The van der Waals surface area contributed by atoms with E-state index in [1.54, 1.807) is 27.7 Å². The van der Waals surface area contributed by atoms with Gasteiger partial charge in [-0.15, -0.1) is 0 Å². The van der Waals surface area contributed by atoms with Gasteiger partial charge in [-0.2, -0.15) is 0 Å². The summed E-state index contributed by atoms with van der Waals surface area (Å²) in [5.41, 5.74) is -0.632. The number of amides is 1. The van der Waals surface area contributed by atoms with Crippen LogP contribution in [0.15, 0.2) is 0 Å². The molecule has 0 radical (unpaired) electrons. The first-order chi connectivity index (χ1) is 9.56. The normalized spacial score (nSPS) is 13.7. The van der Waals surface area contributed by atoms with Crippen LogP contribution in [0.1, 0.15) is 41.5 Å². The van der Waals surface area contributed by atoms with Crippen LogP contribution in [0.2, 0.25) is 0 Å². The highest BCUT2D eigenvalue weighted by atomic mass is 16.6. The maximum Gasteiger partial charge on any atom is 0.408 e. The van der Waals surface area contributed by atoms with Gasteiger partial charge in [-0.3, -0.25) is 0 Å². The molecule has 0 spiro atoms. The number of hydrogen-bond acceptors (Lipinski definition) is 5. The van der Waals surface area contributed by atoms with E-state index in [1.807, 2.05) is 13.8 Å². The summed E-state index contributed by atoms with van der Waals surface area (Å²) in [7, 11) is 0. The lowest BCUT2D eigenvalue weighted by molar-refractivity contribution is -0.136. The minimum Gasteiger partial charge on any atom is -0.456 e. The van der Waals surface area contributed by atoms with Gasteiger partial charge in [-0.1, -0.05) is 19.8 Å². The fraction of sp³-hybridized carbons (Fsp3) is 0.733. The van der Waals surface area contributed by atoms with E-state index in [2.05, 4.69) is 21.9 Å². The summed E-state index contributed by atoms with van der Waals surface area (Å²) in [6.07, 6.45) is -1.83. The fourth-order valence-corrected chi connectivity index (χ4v) is 1.44. The first kappa shape index (κ1) is 19.3. The maximum atomic E-state index is 11.7. The Kier molecular flexibility index (Phi) is 7.82. The molecule has 6 nitrogen and oxygen atoms in total. The molecule has 2 unspecified atom stereocenters. The van der Waals surface area contributed by atoms with Crippen LogP contribution < -0.4 is 5.32 Å². The topological polar surface area (TPSA) is 84.9 Å². The summed E-state index contributed by atoms with van der Waals surface area (Å²) in [6.45, 7) is 10.7. The molecule has 0 saturated carbocycles. The molecular weight excluding hydrogens is 274 g/mol. The van der Waals surface area contributed by atoms with Gasteiger partial charge in [0, 0.05) is 5.92 Å². The Hall–Kier alpha value is -1.74. The van der Waals surface area contributed by atoms with Crippen molar-refractivity contribution in [3.05, 3.63) is 0 Å². The van der Waals surface area contributed by atoms with Crippen LogP contribution in [-0.4, -0.2) is 41.5 Å². The number of aliphatic hydroxyl groups is 1. The van der Waals surface area contributed by atoms with Gasteiger partial charge in [0.05, 0.1) is 12.6 Å². The van der Waals surface area contributed by atoms with Crippen molar-refractivity contribution in [3.8, 4) is 11.8 Å². The average molecular weight is 299 g/mol. The van der Waals surface area contributed by atoms with Gasteiger partial charge in [0.25, 0.3) is 0 Å². The molecule has 1 amide bonds. The van der Waals surface area contributed by atoms with Crippen LogP contribution in [0.5, 0.6) is 0 Å². The SMILES string of the molecule is CCOC(=O)C#CC(O)C(NC(=O)OC(C)(C)C)C(C)C. The second-order valence-corrected chi connectivity index (χ2v) is 5.85. The van der Waals surface area contributed by atoms with Crippen molar-refractivity contribution in [1.29, 1.82) is 0 Å². The van der Waals surface area contributed by atoms with Crippen molar-refractivity contribution in [1.82, 2.24) is 5.32 Å². The second kappa shape index (κ2) is 8.53. The third-order valence-corrected chi connectivity index (χ3v) is 2.34. The van der Waals surface area contributed by atoms with Gasteiger partial charge in [-0.05, 0) is 33.6 Å². The quantitative estimate of drug-likeness (QED) is 0.466. The number of rotatable bonds is 4. The monoisotopic (exact) mass is 299 g/mol. The Morgan fingerprint density at radius 2 is 1.86 bits per heavy atom. The lowest BCUT2D eigenvalue weighted by Gasteiger charge is -2.27. The van der Waals surface area contributed by atoms with E-state index < -0.39 is 29.8 Å². The molecule has 0 heterocycles. The molecule has 0 aromatic rings. The van der Waals surface area contributed by atoms with Gasteiger partial charge >= 0.3 is 12.1 Å².